The van der Waals surface area contributed by atoms with Gasteiger partial charge in [0.05, 0.1) is 12.3 Å². The zero-order chi connectivity index (χ0) is 16.0. The van der Waals surface area contributed by atoms with Crippen LogP contribution in [0, 0.1) is 11.8 Å². The summed E-state index contributed by atoms with van der Waals surface area (Å²) in [7, 11) is 1.63. The summed E-state index contributed by atoms with van der Waals surface area (Å²) in [4.78, 5) is 38.3. The van der Waals surface area contributed by atoms with Crippen molar-refractivity contribution >= 4 is 17.8 Å². The smallest absolute Gasteiger partial charge is 0.305 e. The zero-order valence-electron chi connectivity index (χ0n) is 13.2. The number of hydrogen-bond donors (Lipinski definition) is 1. The van der Waals surface area contributed by atoms with E-state index >= 15 is 0 Å². The monoisotopic (exact) mass is 298 g/mol. The summed E-state index contributed by atoms with van der Waals surface area (Å²) < 4.78 is 0. The van der Waals surface area contributed by atoms with E-state index in [4.69, 9.17) is 5.11 Å². The fourth-order valence-electron chi connectivity index (χ4n) is 2.55. The van der Waals surface area contributed by atoms with Crippen LogP contribution in [0.1, 0.15) is 39.5 Å². The number of likely N-dealkylation sites (tertiary alicyclic amines) is 1. The van der Waals surface area contributed by atoms with Crippen LogP contribution in [0.5, 0.6) is 0 Å². The molecule has 1 aliphatic heterocycles. The van der Waals surface area contributed by atoms with Gasteiger partial charge < -0.3 is 14.9 Å². The second-order valence-corrected chi connectivity index (χ2v) is 5.84. The van der Waals surface area contributed by atoms with Crippen LogP contribution in [0.3, 0.4) is 0 Å². The van der Waals surface area contributed by atoms with Crippen LogP contribution in [0.15, 0.2) is 0 Å². The van der Waals surface area contributed by atoms with Crippen LogP contribution in [0.4, 0.5) is 0 Å². The molecule has 1 fully saturated rings. The highest BCUT2D eigenvalue weighted by Gasteiger charge is 2.31. The van der Waals surface area contributed by atoms with Crippen molar-refractivity contribution in [3.8, 4) is 0 Å². The molecule has 1 N–H and O–H groups in total. The van der Waals surface area contributed by atoms with E-state index in [2.05, 4.69) is 0 Å². The summed E-state index contributed by atoms with van der Waals surface area (Å²) >= 11 is 0. The largest absolute Gasteiger partial charge is 0.481 e. The van der Waals surface area contributed by atoms with E-state index in [1.807, 2.05) is 13.8 Å². The normalized spacial score (nSPS) is 20.0. The Morgan fingerprint density at radius 3 is 2.62 bits per heavy atom. The molecule has 0 radical (unpaired) electrons. The third kappa shape index (κ3) is 5.02. The number of nitrogens with zero attached hydrogens (tertiary/aromatic N) is 2. The molecular weight excluding hydrogens is 272 g/mol. The van der Waals surface area contributed by atoms with Gasteiger partial charge in [-0.25, -0.2) is 0 Å². The van der Waals surface area contributed by atoms with Gasteiger partial charge in [-0.2, -0.15) is 0 Å². The lowest BCUT2D eigenvalue weighted by molar-refractivity contribution is -0.142. The highest BCUT2D eigenvalue weighted by Crippen LogP contribution is 2.21. The number of carboxylic acids is 1. The van der Waals surface area contributed by atoms with Crippen molar-refractivity contribution in [2.75, 3.05) is 26.7 Å². The third-order valence-electron chi connectivity index (χ3n) is 4.15. The number of rotatable bonds is 6. The Morgan fingerprint density at radius 2 is 2.05 bits per heavy atom. The zero-order valence-corrected chi connectivity index (χ0v) is 13.2. The average Bonchev–Trinajstić information content (AvgIpc) is 2.50. The van der Waals surface area contributed by atoms with E-state index in [1.54, 1.807) is 11.9 Å². The van der Waals surface area contributed by atoms with Gasteiger partial charge in [-0.15, -0.1) is 0 Å². The lowest BCUT2D eigenvalue weighted by Gasteiger charge is -2.35. The van der Waals surface area contributed by atoms with Crippen molar-refractivity contribution in [3.63, 3.8) is 0 Å². The molecule has 2 unspecified atom stereocenters. The Kier molecular flexibility index (Phi) is 6.65. The lowest BCUT2D eigenvalue weighted by Crippen LogP contribution is -2.47. The van der Waals surface area contributed by atoms with E-state index in [1.165, 1.54) is 4.90 Å². The van der Waals surface area contributed by atoms with Crippen LogP contribution >= 0.6 is 0 Å². The van der Waals surface area contributed by atoms with Gasteiger partial charge in [0.1, 0.15) is 0 Å². The number of piperidine rings is 1. The number of aliphatic carboxylic acids is 1. The highest BCUT2D eigenvalue weighted by atomic mass is 16.4. The van der Waals surface area contributed by atoms with Gasteiger partial charge in [0.2, 0.25) is 11.8 Å². The first kappa shape index (κ1) is 17.5. The molecule has 0 saturated carbocycles. The average molecular weight is 298 g/mol. The molecule has 0 bridgehead atoms. The number of amides is 2. The number of carbonyl (C=O) groups excluding carboxylic acids is 2. The quantitative estimate of drug-likeness (QED) is 0.799. The molecule has 0 spiro atoms. The molecule has 0 aliphatic carbocycles. The predicted octanol–water partition coefficient (Wildman–Crippen LogP) is 1.20. The van der Waals surface area contributed by atoms with E-state index < -0.39 is 5.97 Å². The molecule has 1 aliphatic rings. The summed E-state index contributed by atoms with van der Waals surface area (Å²) in [6.07, 6.45) is 2.34. The van der Waals surface area contributed by atoms with Gasteiger partial charge in [0, 0.05) is 32.6 Å². The molecule has 0 aromatic heterocycles. The molecule has 1 saturated heterocycles. The van der Waals surface area contributed by atoms with E-state index in [-0.39, 0.29) is 36.6 Å². The summed E-state index contributed by atoms with van der Waals surface area (Å²) in [6, 6.07) is 0. The number of carbonyl (C=O) groups is 3. The minimum Gasteiger partial charge on any atom is -0.481 e. The summed E-state index contributed by atoms with van der Waals surface area (Å²) in [5, 5.41) is 8.67. The standard InChI is InChI=1S/C15H26N2O4/c1-4-11(2)14(20)17-8-5-6-12(10-17)15(21)16(3)9-7-13(18)19/h11-12H,4-10H2,1-3H3,(H,18,19). The Balaban J connectivity index is 2.57. The summed E-state index contributed by atoms with van der Waals surface area (Å²) in [5.74, 6) is -1.07. The minimum atomic E-state index is -0.910. The topological polar surface area (TPSA) is 77.9 Å². The number of carboxylic acid groups (broad SMARTS) is 1. The highest BCUT2D eigenvalue weighted by molar-refractivity contribution is 5.82. The first-order valence-corrected chi connectivity index (χ1v) is 7.62. The van der Waals surface area contributed by atoms with Gasteiger partial charge in [0.25, 0.3) is 0 Å². The van der Waals surface area contributed by atoms with Gasteiger partial charge in [-0.3, -0.25) is 14.4 Å². The summed E-state index contributed by atoms with van der Waals surface area (Å²) in [5.41, 5.74) is 0. The molecule has 1 heterocycles. The molecule has 2 atom stereocenters. The van der Waals surface area contributed by atoms with Crippen LogP contribution in [-0.2, 0) is 14.4 Å². The molecule has 2 amide bonds. The first-order valence-electron chi connectivity index (χ1n) is 7.62. The van der Waals surface area contributed by atoms with Crippen molar-refractivity contribution in [2.45, 2.75) is 39.5 Å². The SMILES string of the molecule is CCC(C)C(=O)N1CCCC(C(=O)N(C)CCC(=O)O)C1. The van der Waals surface area contributed by atoms with Gasteiger partial charge in [-0.05, 0) is 19.3 Å². The van der Waals surface area contributed by atoms with Crippen molar-refractivity contribution in [3.05, 3.63) is 0 Å². The third-order valence-corrected chi connectivity index (χ3v) is 4.15. The number of hydrogen-bond acceptors (Lipinski definition) is 3. The van der Waals surface area contributed by atoms with Crippen LogP contribution < -0.4 is 0 Å². The van der Waals surface area contributed by atoms with E-state index in [0.29, 0.717) is 13.1 Å². The summed E-state index contributed by atoms with van der Waals surface area (Å²) in [6.45, 7) is 5.27. The molecule has 1 rings (SSSR count). The molecule has 6 nitrogen and oxygen atoms in total. The lowest BCUT2D eigenvalue weighted by atomic mass is 9.95. The second-order valence-electron chi connectivity index (χ2n) is 5.84. The maximum atomic E-state index is 12.3. The van der Waals surface area contributed by atoms with Crippen LogP contribution in [0.2, 0.25) is 0 Å². The molecule has 6 heteroatoms. The molecule has 21 heavy (non-hydrogen) atoms. The minimum absolute atomic E-state index is 0.0106. The van der Waals surface area contributed by atoms with Crippen molar-refractivity contribution < 1.29 is 19.5 Å². The molecule has 0 aromatic rings. The van der Waals surface area contributed by atoms with Crippen molar-refractivity contribution in [2.24, 2.45) is 11.8 Å². The Labute approximate surface area is 126 Å². The molecular formula is C15H26N2O4. The van der Waals surface area contributed by atoms with Crippen LogP contribution in [0.25, 0.3) is 0 Å². The van der Waals surface area contributed by atoms with Crippen molar-refractivity contribution in [1.29, 1.82) is 0 Å². The van der Waals surface area contributed by atoms with Gasteiger partial charge >= 0.3 is 5.97 Å². The molecule has 0 aromatic carbocycles. The Bertz CT molecular complexity index is 397. The van der Waals surface area contributed by atoms with Gasteiger partial charge in [-0.1, -0.05) is 13.8 Å². The van der Waals surface area contributed by atoms with Gasteiger partial charge in [0.15, 0.2) is 0 Å². The Hall–Kier alpha value is -1.59. The maximum Gasteiger partial charge on any atom is 0.305 e. The molecule has 120 valence electrons. The van der Waals surface area contributed by atoms with Crippen molar-refractivity contribution in [1.82, 2.24) is 9.80 Å². The first-order chi connectivity index (χ1) is 9.86. The predicted molar refractivity (Wildman–Crippen MR) is 78.6 cm³/mol. The fraction of sp³-hybridized carbons (Fsp3) is 0.800. The van der Waals surface area contributed by atoms with Crippen LogP contribution in [-0.4, -0.2) is 59.4 Å². The second kappa shape index (κ2) is 8.00. The Morgan fingerprint density at radius 1 is 1.38 bits per heavy atom. The van der Waals surface area contributed by atoms with E-state index in [9.17, 15) is 14.4 Å². The van der Waals surface area contributed by atoms with E-state index in [0.717, 1.165) is 19.3 Å². The fourth-order valence-corrected chi connectivity index (χ4v) is 2.55. The maximum absolute atomic E-state index is 12.3.